The van der Waals surface area contributed by atoms with Crippen LogP contribution in [0.4, 0.5) is 31.8 Å². The molecule has 8 heterocycles. The van der Waals surface area contributed by atoms with E-state index < -0.39 is 17.6 Å². The second-order valence-electron chi connectivity index (χ2n) is 22.8. The number of likely N-dealkylation sites (N-methyl/N-ethyl adjacent to an activating group) is 2. The summed E-state index contributed by atoms with van der Waals surface area (Å²) in [6, 6.07) is 30.1. The topological polar surface area (TPSA) is 136 Å². The van der Waals surface area contributed by atoms with E-state index in [4.69, 9.17) is 54.2 Å². The molecule has 2 aromatic heterocycles. The van der Waals surface area contributed by atoms with Crippen LogP contribution in [0.25, 0.3) is 31.2 Å². The minimum absolute atomic E-state index is 0.0262. The Hall–Kier alpha value is -7.97. The Morgan fingerprint density at radius 3 is 1.59 bits per heavy atom. The van der Waals surface area contributed by atoms with Gasteiger partial charge >= 0.3 is 12.0 Å². The van der Waals surface area contributed by atoms with Crippen molar-refractivity contribution in [3.8, 4) is 12.0 Å². The summed E-state index contributed by atoms with van der Waals surface area (Å²) in [7, 11) is 3.86. The molecule has 85 heavy (non-hydrogen) atoms. The minimum atomic E-state index is -0.855. The van der Waals surface area contributed by atoms with E-state index in [0.717, 1.165) is 92.2 Å². The van der Waals surface area contributed by atoms with E-state index in [1.165, 1.54) is 38.9 Å². The van der Waals surface area contributed by atoms with Gasteiger partial charge in [-0.2, -0.15) is 19.9 Å². The first kappa shape index (κ1) is 60.2. The Balaban J connectivity index is 0.000000176. The van der Waals surface area contributed by atoms with Crippen LogP contribution in [0.5, 0.6) is 12.0 Å². The molecule has 12 rings (SSSR count). The van der Waals surface area contributed by atoms with Gasteiger partial charge in [0, 0.05) is 110 Å². The lowest BCUT2D eigenvalue weighted by Gasteiger charge is -2.41. The number of amides is 1. The molecule has 0 aliphatic carbocycles. The van der Waals surface area contributed by atoms with Crippen molar-refractivity contribution in [2.75, 3.05) is 119 Å². The lowest BCUT2D eigenvalue weighted by Crippen LogP contribution is -2.56. The molecule has 17 nitrogen and oxygen atoms in total. The smallest absolute Gasteiger partial charge is 0.318 e. The number of carbonyl (C=O) groups is 2. The van der Waals surface area contributed by atoms with Crippen molar-refractivity contribution in [2.45, 2.75) is 82.1 Å². The highest BCUT2D eigenvalue weighted by Gasteiger charge is 2.37. The van der Waals surface area contributed by atoms with E-state index in [2.05, 4.69) is 127 Å². The van der Waals surface area contributed by atoms with Gasteiger partial charge in [-0.05, 0) is 99.3 Å². The fourth-order valence-corrected chi connectivity index (χ4v) is 12.8. The van der Waals surface area contributed by atoms with E-state index in [1.807, 2.05) is 23.9 Å². The lowest BCUT2D eigenvalue weighted by atomic mass is 9.96. The number of rotatable bonds is 14. The molecule has 0 saturated carbocycles. The zero-order chi connectivity index (χ0) is 59.6. The molecular formula is C65H74ClF2N13O4. The first-order valence-electron chi connectivity index (χ1n) is 29.4. The van der Waals surface area contributed by atoms with Crippen LogP contribution in [0, 0.1) is 19.1 Å². The molecule has 0 radical (unpaired) electrons. The summed E-state index contributed by atoms with van der Waals surface area (Å²) in [6.45, 7) is 30.1. The number of carbonyl (C=O) groups excluding carboxylic acids is 2. The Kier molecular flexibility index (Phi) is 19.7. The number of benzene rings is 4. The summed E-state index contributed by atoms with van der Waals surface area (Å²) in [5.74, 6) is 1.96. The number of hydrogen-bond acceptors (Lipinski definition) is 14. The maximum atomic E-state index is 14.0. The zero-order valence-electron chi connectivity index (χ0n) is 48.5. The molecule has 0 N–H and O–H groups in total. The standard InChI is InChI=1S/C32H36FN7O2.C30H35FN6O.C3H3ClO/c1-4-30(41)40-15-14-39(19-25(40)17-34-2)31-27-12-13-38(29-11-7-9-22-8-5-6-10-26(22)29)20-28(27)35-32(36-31)42-21-24-16-23(33)18-37(24)3;1-32-16-21-7-6-13-37(17-21)29-26-12-14-36(28-11-5-9-22-8-3-4-10-25(22)28)19-27(26)33-30(34-29)38-20-24-15-23(31)18-35(24)2;1-2-3(4)5/h4-11,23-25H,1,12-21H2,3H3;3-5,8-11,21,23-24H,6-7,12-20H2,2H3;2H,1H2/t23-,24+,25?;21?,23-,24+;/m11./s1. The van der Waals surface area contributed by atoms with Crippen molar-refractivity contribution in [3.63, 3.8) is 0 Å². The summed E-state index contributed by atoms with van der Waals surface area (Å²) in [6.07, 6.45) is 5.35. The Morgan fingerprint density at radius 1 is 0.624 bits per heavy atom. The monoisotopic (exact) mass is 1170 g/mol. The van der Waals surface area contributed by atoms with Gasteiger partial charge < -0.3 is 43.7 Å². The number of hydrogen-bond donors (Lipinski definition) is 0. The van der Waals surface area contributed by atoms with Crippen LogP contribution in [-0.4, -0.2) is 176 Å². The SMILES string of the molecule is C=CC(=O)Cl.[C-]#[N+]CC1CCCN(c2nc(OC[C@@H]3C[C@@H](F)CN3C)nc3c2CCN(c2cccc4ccccc24)C3)C1.[C-]#[N+]CC1CN(c2nc(OC[C@@H]3C[C@@H](F)CN3C)nc3c2CCN(c2cccc4ccccc24)C3)CCN1C(=O)C=C. The number of ether oxygens (including phenoxy) is 2. The second-order valence-corrected chi connectivity index (χ2v) is 23.2. The maximum Gasteiger partial charge on any atom is 0.318 e. The molecule has 6 aliphatic heterocycles. The number of halogens is 3. The van der Waals surface area contributed by atoms with E-state index in [9.17, 15) is 18.4 Å². The fourth-order valence-electron chi connectivity index (χ4n) is 12.8. The van der Waals surface area contributed by atoms with Crippen molar-refractivity contribution in [1.29, 1.82) is 0 Å². The second kappa shape index (κ2) is 27.8. The van der Waals surface area contributed by atoms with Gasteiger partial charge in [-0.3, -0.25) is 19.4 Å². The van der Waals surface area contributed by atoms with Crippen LogP contribution < -0.4 is 29.1 Å². The molecule has 6 aliphatic rings. The van der Waals surface area contributed by atoms with Gasteiger partial charge in [-0.15, -0.1) is 0 Å². The van der Waals surface area contributed by atoms with E-state index in [1.54, 1.807) is 4.90 Å². The van der Waals surface area contributed by atoms with Gasteiger partial charge in [0.25, 0.3) is 0 Å². The van der Waals surface area contributed by atoms with E-state index in [0.29, 0.717) is 90.3 Å². The summed E-state index contributed by atoms with van der Waals surface area (Å²) in [5.41, 5.74) is 6.55. The van der Waals surface area contributed by atoms with Crippen LogP contribution in [0.15, 0.2) is 110 Å². The summed E-state index contributed by atoms with van der Waals surface area (Å²) in [4.78, 5) is 63.9. The highest BCUT2D eigenvalue weighted by atomic mass is 35.5. The number of nitrogens with zero attached hydrogens (tertiary/aromatic N) is 13. The van der Waals surface area contributed by atoms with E-state index >= 15 is 0 Å². The quantitative estimate of drug-likeness (QED) is 0.0582. The molecule has 444 valence electrons. The number of piperidine rings is 1. The fraction of sp³-hybridized carbons (Fsp3) is 0.446. The van der Waals surface area contributed by atoms with Gasteiger partial charge in [0.2, 0.25) is 24.2 Å². The average Bonchev–Trinajstić information content (AvgIpc) is 2.25. The Bertz CT molecular complexity index is 3460. The first-order chi connectivity index (χ1) is 41.3. The van der Waals surface area contributed by atoms with Gasteiger partial charge in [-0.1, -0.05) is 86.0 Å². The van der Waals surface area contributed by atoms with Crippen LogP contribution in [0.2, 0.25) is 0 Å². The highest BCUT2D eigenvalue weighted by molar-refractivity contribution is 6.66. The molecule has 4 fully saturated rings. The number of anilines is 4. The van der Waals surface area contributed by atoms with Crippen molar-refractivity contribution in [2.24, 2.45) is 5.92 Å². The molecule has 20 heteroatoms. The molecule has 1 amide bonds. The predicted molar refractivity (Wildman–Crippen MR) is 331 cm³/mol. The van der Waals surface area contributed by atoms with Gasteiger partial charge in [0.1, 0.15) is 43.2 Å². The molecule has 4 aromatic carbocycles. The molecule has 0 bridgehead atoms. The summed E-state index contributed by atoms with van der Waals surface area (Å²) in [5, 5.41) is 4.36. The van der Waals surface area contributed by atoms with Crippen molar-refractivity contribution in [1.82, 2.24) is 34.6 Å². The summed E-state index contributed by atoms with van der Waals surface area (Å²) >= 11 is 4.71. The Labute approximate surface area is 502 Å². The van der Waals surface area contributed by atoms with Crippen LogP contribution in [0.1, 0.15) is 48.2 Å². The van der Waals surface area contributed by atoms with Crippen LogP contribution in [-0.2, 0) is 35.5 Å². The normalized spacial score (nSPS) is 22.2. The number of likely N-dealkylation sites (tertiary alicyclic amines) is 2. The predicted octanol–water partition coefficient (Wildman–Crippen LogP) is 9.42. The molecule has 4 saturated heterocycles. The third-order valence-electron chi connectivity index (χ3n) is 17.2. The largest absolute Gasteiger partial charge is 0.462 e. The lowest BCUT2D eigenvalue weighted by molar-refractivity contribution is -0.128. The molecule has 0 spiro atoms. The zero-order valence-corrected chi connectivity index (χ0v) is 49.3. The highest BCUT2D eigenvalue weighted by Crippen LogP contribution is 2.38. The third-order valence-corrected chi connectivity index (χ3v) is 17.4. The molecule has 6 atom stereocenters. The number of piperazine rings is 1. The van der Waals surface area contributed by atoms with Gasteiger partial charge in [-0.25, -0.2) is 21.9 Å². The maximum absolute atomic E-state index is 14.0. The summed E-state index contributed by atoms with van der Waals surface area (Å²) < 4.78 is 40.3. The van der Waals surface area contributed by atoms with Gasteiger partial charge in [0.15, 0.2) is 0 Å². The third kappa shape index (κ3) is 14.2. The molecule has 6 aromatic rings. The molecule has 2 unspecified atom stereocenters. The van der Waals surface area contributed by atoms with Crippen molar-refractivity contribution in [3.05, 3.63) is 156 Å². The number of fused-ring (bicyclic) bond motifs is 4. The van der Waals surface area contributed by atoms with Gasteiger partial charge in [0.05, 0.1) is 24.5 Å². The van der Waals surface area contributed by atoms with Crippen LogP contribution in [0.3, 0.4) is 0 Å². The minimum Gasteiger partial charge on any atom is -0.462 e. The number of allylic oxidation sites excluding steroid dienone is 1. The van der Waals surface area contributed by atoms with Crippen molar-refractivity contribution < 1.29 is 27.8 Å². The average molecular weight is 1170 g/mol. The van der Waals surface area contributed by atoms with E-state index in [-0.39, 0.29) is 36.6 Å². The molecular weight excluding hydrogens is 1100 g/mol. The Morgan fingerprint density at radius 2 is 1.12 bits per heavy atom. The number of alkyl halides is 2. The number of aromatic nitrogens is 4. The van der Waals surface area contributed by atoms with Crippen molar-refractivity contribution >= 4 is 67.3 Å². The first-order valence-corrected chi connectivity index (χ1v) is 29.8. The van der Waals surface area contributed by atoms with Crippen LogP contribution >= 0.6 is 11.6 Å².